The standard InChI is InChI=1S/C6H10F3NO/c7-6(8,9)3-5-4-10-1-2-11-5/h5,10H,1-4H2/t5-/m0/s1. The van der Waals surface area contributed by atoms with Crippen molar-refractivity contribution < 1.29 is 17.9 Å². The Morgan fingerprint density at radius 1 is 1.45 bits per heavy atom. The zero-order valence-corrected chi connectivity index (χ0v) is 5.95. The van der Waals surface area contributed by atoms with Crippen LogP contribution in [0.2, 0.25) is 0 Å². The molecule has 1 N–H and O–H groups in total. The summed E-state index contributed by atoms with van der Waals surface area (Å²) in [6.45, 7) is 1.33. The van der Waals surface area contributed by atoms with Gasteiger partial charge < -0.3 is 10.1 Å². The number of morpholine rings is 1. The number of ether oxygens (including phenoxy) is 1. The Morgan fingerprint density at radius 2 is 2.18 bits per heavy atom. The van der Waals surface area contributed by atoms with Crippen LogP contribution < -0.4 is 5.32 Å². The number of halogens is 3. The molecule has 1 atom stereocenters. The lowest BCUT2D eigenvalue weighted by atomic mass is 10.2. The quantitative estimate of drug-likeness (QED) is 0.630. The van der Waals surface area contributed by atoms with Gasteiger partial charge in [0.05, 0.1) is 19.1 Å². The minimum absolute atomic E-state index is 0.305. The fraction of sp³-hybridized carbons (Fsp3) is 1.00. The second-order valence-corrected chi connectivity index (χ2v) is 2.52. The summed E-state index contributed by atoms with van der Waals surface area (Å²) in [5, 5.41) is 2.83. The fourth-order valence-electron chi connectivity index (χ4n) is 1.01. The topological polar surface area (TPSA) is 21.3 Å². The zero-order chi connectivity index (χ0) is 8.32. The van der Waals surface area contributed by atoms with Crippen LogP contribution in [0.3, 0.4) is 0 Å². The first-order valence-electron chi connectivity index (χ1n) is 3.47. The SMILES string of the molecule is FC(F)(F)C[C@H]1CNCCO1. The molecule has 66 valence electrons. The maximum absolute atomic E-state index is 11.7. The van der Waals surface area contributed by atoms with Crippen molar-refractivity contribution in [3.05, 3.63) is 0 Å². The summed E-state index contributed by atoms with van der Waals surface area (Å²) in [6, 6.07) is 0. The van der Waals surface area contributed by atoms with Gasteiger partial charge in [-0.05, 0) is 0 Å². The highest BCUT2D eigenvalue weighted by molar-refractivity contribution is 4.70. The highest BCUT2D eigenvalue weighted by Gasteiger charge is 2.32. The molecule has 1 heterocycles. The third kappa shape index (κ3) is 3.57. The zero-order valence-electron chi connectivity index (χ0n) is 5.95. The smallest absolute Gasteiger partial charge is 0.375 e. The molecule has 1 fully saturated rings. The summed E-state index contributed by atoms with van der Waals surface area (Å²) >= 11 is 0. The van der Waals surface area contributed by atoms with Gasteiger partial charge in [0, 0.05) is 13.1 Å². The molecule has 11 heavy (non-hydrogen) atoms. The molecule has 0 amide bonds. The molecule has 0 spiro atoms. The van der Waals surface area contributed by atoms with Crippen molar-refractivity contribution >= 4 is 0 Å². The number of hydrogen-bond donors (Lipinski definition) is 1. The first-order chi connectivity index (χ1) is 5.08. The Labute approximate surface area is 62.7 Å². The summed E-state index contributed by atoms with van der Waals surface area (Å²) in [7, 11) is 0. The average Bonchev–Trinajstić information content (AvgIpc) is 1.85. The van der Waals surface area contributed by atoms with Gasteiger partial charge in [-0.25, -0.2) is 0 Å². The molecule has 2 nitrogen and oxygen atoms in total. The summed E-state index contributed by atoms with van der Waals surface area (Å²) in [5.41, 5.74) is 0. The summed E-state index contributed by atoms with van der Waals surface area (Å²) < 4.78 is 40.1. The molecule has 0 radical (unpaired) electrons. The van der Waals surface area contributed by atoms with Crippen LogP contribution in [0.4, 0.5) is 13.2 Å². The van der Waals surface area contributed by atoms with Gasteiger partial charge >= 0.3 is 6.18 Å². The Morgan fingerprint density at radius 3 is 2.64 bits per heavy atom. The first-order valence-corrected chi connectivity index (χ1v) is 3.47. The van der Waals surface area contributed by atoms with Gasteiger partial charge in [-0.1, -0.05) is 0 Å². The van der Waals surface area contributed by atoms with E-state index in [0.29, 0.717) is 19.7 Å². The van der Waals surface area contributed by atoms with Crippen molar-refractivity contribution in [2.75, 3.05) is 19.7 Å². The third-order valence-electron chi connectivity index (χ3n) is 1.46. The van der Waals surface area contributed by atoms with Crippen molar-refractivity contribution in [2.45, 2.75) is 18.7 Å². The van der Waals surface area contributed by atoms with Crippen LogP contribution in [-0.4, -0.2) is 32.0 Å². The van der Waals surface area contributed by atoms with Crippen molar-refractivity contribution in [3.8, 4) is 0 Å². The van der Waals surface area contributed by atoms with Gasteiger partial charge in [-0.15, -0.1) is 0 Å². The van der Waals surface area contributed by atoms with E-state index in [1.165, 1.54) is 0 Å². The maximum Gasteiger partial charge on any atom is 0.391 e. The van der Waals surface area contributed by atoms with Gasteiger partial charge in [0.15, 0.2) is 0 Å². The van der Waals surface area contributed by atoms with E-state index in [1.807, 2.05) is 0 Å². The molecule has 0 aromatic heterocycles. The molecule has 0 aromatic rings. The molecule has 0 saturated carbocycles. The number of hydrogen-bond acceptors (Lipinski definition) is 2. The molecule has 0 aliphatic carbocycles. The van der Waals surface area contributed by atoms with Crippen molar-refractivity contribution in [2.24, 2.45) is 0 Å². The summed E-state index contributed by atoms with van der Waals surface area (Å²) in [6.07, 6.45) is -5.65. The number of alkyl halides is 3. The molecule has 0 bridgehead atoms. The van der Waals surface area contributed by atoms with Gasteiger partial charge in [0.1, 0.15) is 0 Å². The van der Waals surface area contributed by atoms with Crippen molar-refractivity contribution in [1.82, 2.24) is 5.32 Å². The van der Waals surface area contributed by atoms with E-state index >= 15 is 0 Å². The van der Waals surface area contributed by atoms with Crippen molar-refractivity contribution in [3.63, 3.8) is 0 Å². The first kappa shape index (κ1) is 8.80. The van der Waals surface area contributed by atoms with Gasteiger partial charge in [-0.2, -0.15) is 13.2 Å². The van der Waals surface area contributed by atoms with Crippen LogP contribution in [0.15, 0.2) is 0 Å². The van der Waals surface area contributed by atoms with Crippen molar-refractivity contribution in [1.29, 1.82) is 0 Å². The Bertz CT molecular complexity index is 119. The van der Waals surface area contributed by atoms with Crippen LogP contribution in [0, 0.1) is 0 Å². The van der Waals surface area contributed by atoms with E-state index in [-0.39, 0.29) is 0 Å². The van der Waals surface area contributed by atoms with E-state index in [4.69, 9.17) is 4.74 Å². The molecule has 5 heteroatoms. The molecule has 0 aromatic carbocycles. The second kappa shape index (κ2) is 3.40. The van der Waals surface area contributed by atoms with E-state index < -0.39 is 18.7 Å². The van der Waals surface area contributed by atoms with Crippen LogP contribution in [0.5, 0.6) is 0 Å². The van der Waals surface area contributed by atoms with Crippen LogP contribution in [0.1, 0.15) is 6.42 Å². The molecule has 0 unspecified atom stereocenters. The molecule has 1 aliphatic rings. The van der Waals surface area contributed by atoms with E-state index in [9.17, 15) is 13.2 Å². The minimum atomic E-state index is -4.11. The Balaban J connectivity index is 2.24. The molecular weight excluding hydrogens is 159 g/mol. The second-order valence-electron chi connectivity index (χ2n) is 2.52. The number of rotatable bonds is 1. The van der Waals surface area contributed by atoms with Crippen LogP contribution >= 0.6 is 0 Å². The van der Waals surface area contributed by atoms with Crippen LogP contribution in [0.25, 0.3) is 0 Å². The molecule has 1 rings (SSSR count). The lowest BCUT2D eigenvalue weighted by Gasteiger charge is -2.24. The average molecular weight is 169 g/mol. The molecule has 1 aliphatic heterocycles. The summed E-state index contributed by atoms with van der Waals surface area (Å²) in [4.78, 5) is 0. The molecular formula is C6H10F3NO. The van der Waals surface area contributed by atoms with Gasteiger partial charge in [0.2, 0.25) is 0 Å². The van der Waals surface area contributed by atoms with E-state index in [1.54, 1.807) is 0 Å². The highest BCUT2D eigenvalue weighted by atomic mass is 19.4. The van der Waals surface area contributed by atoms with Gasteiger partial charge in [-0.3, -0.25) is 0 Å². The van der Waals surface area contributed by atoms with Crippen LogP contribution in [-0.2, 0) is 4.74 Å². The summed E-state index contributed by atoms with van der Waals surface area (Å²) in [5.74, 6) is 0. The maximum atomic E-state index is 11.7. The lowest BCUT2D eigenvalue weighted by Crippen LogP contribution is -2.40. The predicted octanol–water partition coefficient (Wildman–Crippen LogP) is 0.927. The minimum Gasteiger partial charge on any atom is -0.375 e. The third-order valence-corrected chi connectivity index (χ3v) is 1.46. The van der Waals surface area contributed by atoms with E-state index in [2.05, 4.69) is 5.32 Å². The molecule has 1 saturated heterocycles. The fourth-order valence-corrected chi connectivity index (χ4v) is 1.01. The Kier molecular flexibility index (Phi) is 2.72. The Hall–Kier alpha value is -0.290. The monoisotopic (exact) mass is 169 g/mol. The largest absolute Gasteiger partial charge is 0.391 e. The number of nitrogens with one attached hydrogen (secondary N) is 1. The predicted molar refractivity (Wildman–Crippen MR) is 33.3 cm³/mol. The van der Waals surface area contributed by atoms with E-state index in [0.717, 1.165) is 0 Å². The van der Waals surface area contributed by atoms with Gasteiger partial charge in [0.25, 0.3) is 0 Å². The normalized spacial score (nSPS) is 27.0. The lowest BCUT2D eigenvalue weighted by molar-refractivity contribution is -0.163. The highest BCUT2D eigenvalue weighted by Crippen LogP contribution is 2.23.